The molecule has 3 rings (SSSR count). The molecule has 2 aromatic heterocycles. The molecule has 0 N–H and O–H groups in total. The maximum atomic E-state index is 12.8. The van der Waals surface area contributed by atoms with E-state index in [0.29, 0.717) is 17.0 Å². The SMILES string of the molecule is Cc1nc(Cc2ccccc2)sc1C(=O)N(C)Cc1nccn1CC(F)(F)F. The first kappa shape index (κ1) is 20.1. The van der Waals surface area contributed by atoms with E-state index in [1.165, 1.54) is 28.6 Å². The number of amides is 1. The Hall–Kier alpha value is -2.68. The Morgan fingerprint density at radius 1 is 1.25 bits per heavy atom. The van der Waals surface area contributed by atoms with Crippen LogP contribution in [-0.4, -0.2) is 38.6 Å². The van der Waals surface area contributed by atoms with Gasteiger partial charge < -0.3 is 9.47 Å². The number of hydrogen-bond donors (Lipinski definition) is 0. The van der Waals surface area contributed by atoms with Crippen molar-refractivity contribution in [2.45, 2.75) is 32.6 Å². The number of hydrogen-bond acceptors (Lipinski definition) is 4. The molecule has 0 saturated heterocycles. The Morgan fingerprint density at radius 2 is 1.96 bits per heavy atom. The fourth-order valence-corrected chi connectivity index (χ4v) is 3.88. The zero-order chi connectivity index (χ0) is 20.3. The zero-order valence-electron chi connectivity index (χ0n) is 15.4. The van der Waals surface area contributed by atoms with Gasteiger partial charge in [0, 0.05) is 25.9 Å². The molecule has 0 radical (unpaired) electrons. The maximum absolute atomic E-state index is 12.8. The van der Waals surface area contributed by atoms with Gasteiger partial charge in [-0.05, 0) is 12.5 Å². The van der Waals surface area contributed by atoms with Gasteiger partial charge in [-0.3, -0.25) is 4.79 Å². The van der Waals surface area contributed by atoms with Crippen molar-refractivity contribution in [2.24, 2.45) is 0 Å². The molecule has 0 spiro atoms. The van der Waals surface area contributed by atoms with Crippen LogP contribution in [0.2, 0.25) is 0 Å². The first-order valence-electron chi connectivity index (χ1n) is 8.55. The lowest BCUT2D eigenvalue weighted by atomic mass is 10.2. The lowest BCUT2D eigenvalue weighted by Gasteiger charge is -2.18. The van der Waals surface area contributed by atoms with Gasteiger partial charge in [-0.15, -0.1) is 11.3 Å². The van der Waals surface area contributed by atoms with Crippen molar-refractivity contribution in [1.29, 1.82) is 0 Å². The lowest BCUT2D eigenvalue weighted by molar-refractivity contribution is -0.141. The number of imidazole rings is 1. The van der Waals surface area contributed by atoms with Crippen molar-refractivity contribution in [3.8, 4) is 0 Å². The normalized spacial score (nSPS) is 11.6. The summed E-state index contributed by atoms with van der Waals surface area (Å²) in [7, 11) is 1.55. The molecule has 0 saturated carbocycles. The average molecular weight is 408 g/mol. The van der Waals surface area contributed by atoms with Gasteiger partial charge in [0.2, 0.25) is 0 Å². The average Bonchev–Trinajstić information content (AvgIpc) is 3.20. The Bertz CT molecular complexity index is 950. The van der Waals surface area contributed by atoms with E-state index in [9.17, 15) is 18.0 Å². The van der Waals surface area contributed by atoms with Gasteiger partial charge in [-0.1, -0.05) is 30.3 Å². The number of halogens is 3. The predicted octanol–water partition coefficient (Wildman–Crippen LogP) is 4.07. The summed E-state index contributed by atoms with van der Waals surface area (Å²) < 4.78 is 39.0. The third-order valence-electron chi connectivity index (χ3n) is 4.11. The van der Waals surface area contributed by atoms with Crippen LogP contribution in [0.25, 0.3) is 0 Å². The molecular weight excluding hydrogens is 389 g/mol. The number of aryl methyl sites for hydroxylation is 1. The largest absolute Gasteiger partial charge is 0.406 e. The van der Waals surface area contributed by atoms with Crippen molar-refractivity contribution in [2.75, 3.05) is 7.05 Å². The highest BCUT2D eigenvalue weighted by Gasteiger charge is 2.29. The standard InChI is InChI=1S/C19H19F3N4OS/c1-13-17(28-16(24-13)10-14-6-4-3-5-7-14)18(27)25(2)11-15-23-8-9-26(15)12-19(20,21)22/h3-9H,10-12H2,1-2H3. The van der Waals surface area contributed by atoms with Crippen molar-refractivity contribution in [1.82, 2.24) is 19.4 Å². The second-order valence-corrected chi connectivity index (χ2v) is 7.52. The highest BCUT2D eigenvalue weighted by atomic mass is 32.1. The molecular formula is C19H19F3N4OS. The molecule has 5 nitrogen and oxygen atoms in total. The number of nitrogens with zero attached hydrogens (tertiary/aromatic N) is 4. The zero-order valence-corrected chi connectivity index (χ0v) is 16.2. The minimum absolute atomic E-state index is 0.0206. The van der Waals surface area contributed by atoms with Crippen molar-refractivity contribution >= 4 is 17.2 Å². The van der Waals surface area contributed by atoms with Crippen molar-refractivity contribution < 1.29 is 18.0 Å². The second-order valence-electron chi connectivity index (χ2n) is 6.43. The van der Waals surface area contributed by atoms with Crippen LogP contribution in [0, 0.1) is 6.92 Å². The maximum Gasteiger partial charge on any atom is 0.406 e. The van der Waals surface area contributed by atoms with Crippen LogP contribution in [0.3, 0.4) is 0 Å². The molecule has 3 aromatic rings. The van der Waals surface area contributed by atoms with E-state index in [-0.39, 0.29) is 18.3 Å². The number of rotatable bonds is 6. The number of carbonyl (C=O) groups is 1. The van der Waals surface area contributed by atoms with Gasteiger partial charge in [0.15, 0.2) is 0 Å². The molecule has 1 aromatic carbocycles. The first-order chi connectivity index (χ1) is 13.2. The van der Waals surface area contributed by atoms with E-state index in [4.69, 9.17) is 0 Å². The molecule has 0 aliphatic carbocycles. The monoisotopic (exact) mass is 408 g/mol. The van der Waals surface area contributed by atoms with Crippen molar-refractivity contribution in [3.63, 3.8) is 0 Å². The highest BCUT2D eigenvalue weighted by molar-refractivity contribution is 7.13. The molecule has 28 heavy (non-hydrogen) atoms. The molecule has 9 heteroatoms. The first-order valence-corrected chi connectivity index (χ1v) is 9.37. The summed E-state index contributed by atoms with van der Waals surface area (Å²) in [5, 5.41) is 0.819. The van der Waals surface area contributed by atoms with Crippen LogP contribution in [0.5, 0.6) is 0 Å². The summed E-state index contributed by atoms with van der Waals surface area (Å²) >= 11 is 1.31. The van der Waals surface area contributed by atoms with E-state index in [0.717, 1.165) is 15.1 Å². The highest BCUT2D eigenvalue weighted by Crippen LogP contribution is 2.23. The number of thiazole rings is 1. The molecule has 0 bridgehead atoms. The number of alkyl halides is 3. The van der Waals surface area contributed by atoms with Gasteiger partial charge in [-0.2, -0.15) is 13.2 Å². The second kappa shape index (κ2) is 8.14. The number of benzene rings is 1. The van der Waals surface area contributed by atoms with Crippen LogP contribution < -0.4 is 0 Å². The molecule has 1 amide bonds. The van der Waals surface area contributed by atoms with Gasteiger partial charge in [0.05, 0.1) is 17.2 Å². The minimum Gasteiger partial charge on any atom is -0.333 e. The molecule has 0 aliphatic rings. The van der Waals surface area contributed by atoms with E-state index >= 15 is 0 Å². The molecule has 148 valence electrons. The molecule has 0 unspecified atom stereocenters. The van der Waals surface area contributed by atoms with Gasteiger partial charge >= 0.3 is 6.18 Å². The molecule has 0 aliphatic heterocycles. The van der Waals surface area contributed by atoms with E-state index in [1.54, 1.807) is 14.0 Å². The molecule has 0 atom stereocenters. The van der Waals surface area contributed by atoms with Gasteiger partial charge in [0.1, 0.15) is 17.2 Å². The fraction of sp³-hybridized carbons (Fsp3) is 0.316. The Balaban J connectivity index is 1.71. The minimum atomic E-state index is -4.35. The summed E-state index contributed by atoms with van der Waals surface area (Å²) in [4.78, 5) is 23.1. The van der Waals surface area contributed by atoms with E-state index < -0.39 is 12.7 Å². The van der Waals surface area contributed by atoms with Crippen LogP contribution >= 0.6 is 11.3 Å². The van der Waals surface area contributed by atoms with E-state index in [2.05, 4.69) is 9.97 Å². The van der Waals surface area contributed by atoms with Crippen LogP contribution in [0.4, 0.5) is 13.2 Å². The topological polar surface area (TPSA) is 51.0 Å². The smallest absolute Gasteiger partial charge is 0.333 e. The number of carbonyl (C=O) groups excluding carboxylic acids is 1. The van der Waals surface area contributed by atoms with Crippen LogP contribution in [0.1, 0.15) is 31.8 Å². The fourth-order valence-electron chi connectivity index (χ4n) is 2.78. The third-order valence-corrected chi connectivity index (χ3v) is 5.26. The summed E-state index contributed by atoms with van der Waals surface area (Å²) in [6.45, 7) is 0.606. The van der Waals surface area contributed by atoms with Crippen molar-refractivity contribution in [3.05, 3.63) is 69.7 Å². The van der Waals surface area contributed by atoms with Crippen LogP contribution in [-0.2, 0) is 19.5 Å². The quantitative estimate of drug-likeness (QED) is 0.618. The lowest BCUT2D eigenvalue weighted by Crippen LogP contribution is -2.29. The predicted molar refractivity (Wildman–Crippen MR) is 100 cm³/mol. The van der Waals surface area contributed by atoms with Gasteiger partial charge in [-0.25, -0.2) is 9.97 Å². The van der Waals surface area contributed by atoms with Crippen LogP contribution in [0.15, 0.2) is 42.7 Å². The molecule has 2 heterocycles. The molecule has 0 fully saturated rings. The third kappa shape index (κ3) is 4.98. The summed E-state index contributed by atoms with van der Waals surface area (Å²) in [6.07, 6.45) is -1.16. The van der Waals surface area contributed by atoms with Gasteiger partial charge in [0.25, 0.3) is 5.91 Å². The Kier molecular flexibility index (Phi) is 5.83. The summed E-state index contributed by atoms with van der Waals surface area (Å²) in [5.74, 6) is -0.101. The Morgan fingerprint density at radius 3 is 2.64 bits per heavy atom. The summed E-state index contributed by atoms with van der Waals surface area (Å²) in [6, 6.07) is 9.80. The van der Waals surface area contributed by atoms with E-state index in [1.807, 2.05) is 30.3 Å². The Labute approximate surface area is 164 Å². The summed E-state index contributed by atoms with van der Waals surface area (Å²) in [5.41, 5.74) is 1.71. The number of aromatic nitrogens is 3.